The average molecular weight is 453 g/mol. The molecule has 1 N–H and O–H groups in total. The van der Waals surface area contributed by atoms with Gasteiger partial charge in [0.2, 0.25) is 10.0 Å². The Morgan fingerprint density at radius 3 is 2.20 bits per heavy atom. The maximum atomic E-state index is 13.1. The van der Waals surface area contributed by atoms with Crippen molar-refractivity contribution in [3.63, 3.8) is 0 Å². The number of hydrogen-bond acceptors (Lipinski definition) is 4. The molecule has 0 aliphatic carbocycles. The summed E-state index contributed by atoms with van der Waals surface area (Å²) in [6.07, 6.45) is 0. The third-order valence-electron chi connectivity index (χ3n) is 5.78. The average Bonchev–Trinajstić information content (AvgIpc) is 2.66. The standard InChI is InChI=1S/C23H32N2O3S.ClH/c1-16(2)21-14-20(22(26)13-19(21)5)15-24-8-10-25(11-9-24)29(27,28)23-12-17(3)6-7-18(23)4;/h6-7,12-14,16,26H,8-11,15H2,1-5H3;1H. The van der Waals surface area contributed by atoms with E-state index in [2.05, 4.69) is 24.8 Å². The number of phenolic OH excluding ortho intramolecular Hbond substituents is 1. The predicted octanol–water partition coefficient (Wildman–Crippen LogP) is 4.37. The van der Waals surface area contributed by atoms with E-state index in [1.165, 1.54) is 5.56 Å². The summed E-state index contributed by atoms with van der Waals surface area (Å²) < 4.78 is 27.8. The van der Waals surface area contributed by atoms with Gasteiger partial charge in [0.1, 0.15) is 5.75 Å². The molecule has 1 saturated heterocycles. The quantitative estimate of drug-likeness (QED) is 0.731. The lowest BCUT2D eigenvalue weighted by molar-refractivity contribution is 0.180. The molecule has 1 aliphatic rings. The van der Waals surface area contributed by atoms with E-state index in [0.29, 0.717) is 49.3 Å². The molecule has 3 rings (SSSR count). The summed E-state index contributed by atoms with van der Waals surface area (Å²) in [7, 11) is -3.49. The molecule has 1 aliphatic heterocycles. The van der Waals surface area contributed by atoms with Gasteiger partial charge >= 0.3 is 0 Å². The molecule has 0 bridgehead atoms. The second-order valence-corrected chi connectivity index (χ2v) is 10.3. The topological polar surface area (TPSA) is 60.9 Å². The zero-order chi connectivity index (χ0) is 21.3. The molecule has 0 aromatic heterocycles. The maximum Gasteiger partial charge on any atom is 0.243 e. The van der Waals surface area contributed by atoms with Gasteiger partial charge in [0.05, 0.1) is 4.90 Å². The van der Waals surface area contributed by atoms with Gasteiger partial charge in [-0.25, -0.2) is 8.42 Å². The van der Waals surface area contributed by atoms with Gasteiger partial charge in [0, 0.05) is 38.3 Å². The van der Waals surface area contributed by atoms with Gasteiger partial charge in [0.15, 0.2) is 0 Å². The molecule has 2 aromatic carbocycles. The summed E-state index contributed by atoms with van der Waals surface area (Å²) in [5.41, 5.74) is 4.98. The Hall–Kier alpha value is -1.60. The van der Waals surface area contributed by atoms with Crippen LogP contribution in [-0.2, 0) is 16.6 Å². The summed E-state index contributed by atoms with van der Waals surface area (Å²) in [4.78, 5) is 2.62. The van der Waals surface area contributed by atoms with Gasteiger partial charge in [-0.15, -0.1) is 12.4 Å². The summed E-state index contributed by atoms with van der Waals surface area (Å²) in [5.74, 6) is 0.714. The van der Waals surface area contributed by atoms with Gasteiger partial charge in [-0.1, -0.05) is 32.0 Å². The number of piperazine rings is 1. The number of rotatable bonds is 5. The van der Waals surface area contributed by atoms with Crippen LogP contribution in [0, 0.1) is 20.8 Å². The molecule has 0 saturated carbocycles. The normalized spacial score (nSPS) is 15.9. The summed E-state index contributed by atoms with van der Waals surface area (Å²) in [5, 5.41) is 10.4. The highest BCUT2D eigenvalue weighted by atomic mass is 35.5. The van der Waals surface area contributed by atoms with Crippen LogP contribution < -0.4 is 0 Å². The minimum Gasteiger partial charge on any atom is -0.508 e. The SMILES string of the molecule is Cc1ccc(C)c(S(=O)(=O)N2CCN(Cc3cc(C(C)C)c(C)cc3O)CC2)c1.Cl. The zero-order valence-electron chi connectivity index (χ0n) is 18.5. The van der Waals surface area contributed by atoms with Crippen molar-refractivity contribution in [1.82, 2.24) is 9.21 Å². The molecular weight excluding hydrogens is 420 g/mol. The lowest BCUT2D eigenvalue weighted by Gasteiger charge is -2.34. The molecule has 0 unspecified atom stereocenters. The van der Waals surface area contributed by atoms with Crippen LogP contribution in [-0.4, -0.2) is 48.9 Å². The number of nitrogens with zero attached hydrogens (tertiary/aromatic N) is 2. The van der Waals surface area contributed by atoms with Crippen molar-refractivity contribution in [3.05, 3.63) is 58.1 Å². The van der Waals surface area contributed by atoms with Gasteiger partial charge < -0.3 is 5.11 Å². The fraction of sp³-hybridized carbons (Fsp3) is 0.478. The molecule has 0 amide bonds. The Morgan fingerprint density at radius 2 is 1.60 bits per heavy atom. The minimum absolute atomic E-state index is 0. The second kappa shape index (κ2) is 9.69. The van der Waals surface area contributed by atoms with Gasteiger partial charge in [-0.05, 0) is 61.1 Å². The van der Waals surface area contributed by atoms with Crippen molar-refractivity contribution >= 4 is 22.4 Å². The molecule has 0 atom stereocenters. The van der Waals surface area contributed by atoms with Crippen LogP contribution in [0.2, 0.25) is 0 Å². The van der Waals surface area contributed by atoms with E-state index in [9.17, 15) is 13.5 Å². The first kappa shape index (κ1) is 24.7. The van der Waals surface area contributed by atoms with Crippen LogP contribution in [0.5, 0.6) is 5.75 Å². The van der Waals surface area contributed by atoms with Crippen LogP contribution >= 0.6 is 12.4 Å². The van der Waals surface area contributed by atoms with Crippen molar-refractivity contribution in [1.29, 1.82) is 0 Å². The Labute approximate surface area is 187 Å². The largest absolute Gasteiger partial charge is 0.508 e. The number of hydrogen-bond donors (Lipinski definition) is 1. The van der Waals surface area contributed by atoms with Crippen molar-refractivity contribution in [3.8, 4) is 5.75 Å². The maximum absolute atomic E-state index is 13.1. The van der Waals surface area contributed by atoms with E-state index in [4.69, 9.17) is 0 Å². The highest BCUT2D eigenvalue weighted by Gasteiger charge is 2.30. The zero-order valence-corrected chi connectivity index (χ0v) is 20.1. The van der Waals surface area contributed by atoms with E-state index in [-0.39, 0.29) is 12.4 Å². The summed E-state index contributed by atoms with van der Waals surface area (Å²) >= 11 is 0. The van der Waals surface area contributed by atoms with Crippen molar-refractivity contribution in [2.24, 2.45) is 0 Å². The van der Waals surface area contributed by atoms with Crippen LogP contribution in [0.4, 0.5) is 0 Å². The molecular formula is C23H33ClN2O3S. The molecule has 2 aromatic rings. The highest BCUT2D eigenvalue weighted by molar-refractivity contribution is 7.89. The Morgan fingerprint density at radius 1 is 0.967 bits per heavy atom. The fourth-order valence-electron chi connectivity index (χ4n) is 4.00. The Balaban J connectivity index is 0.00000320. The molecule has 166 valence electrons. The molecule has 5 nitrogen and oxygen atoms in total. The number of aromatic hydroxyl groups is 1. The molecule has 1 heterocycles. The van der Waals surface area contributed by atoms with Crippen molar-refractivity contribution < 1.29 is 13.5 Å². The van der Waals surface area contributed by atoms with Crippen LogP contribution in [0.3, 0.4) is 0 Å². The smallest absolute Gasteiger partial charge is 0.243 e. The minimum atomic E-state index is -3.49. The van der Waals surface area contributed by atoms with Crippen molar-refractivity contribution in [2.75, 3.05) is 26.2 Å². The lowest BCUT2D eigenvalue weighted by Crippen LogP contribution is -2.48. The lowest BCUT2D eigenvalue weighted by atomic mass is 9.95. The number of halogens is 1. The van der Waals surface area contributed by atoms with Crippen LogP contribution in [0.25, 0.3) is 0 Å². The van der Waals surface area contributed by atoms with Gasteiger partial charge in [-0.2, -0.15) is 4.31 Å². The van der Waals surface area contributed by atoms with E-state index < -0.39 is 10.0 Å². The molecule has 30 heavy (non-hydrogen) atoms. The molecule has 0 spiro atoms. The van der Waals surface area contributed by atoms with E-state index in [1.54, 1.807) is 10.4 Å². The summed E-state index contributed by atoms with van der Waals surface area (Å²) in [6, 6.07) is 9.49. The first-order valence-electron chi connectivity index (χ1n) is 10.2. The molecule has 0 radical (unpaired) electrons. The van der Waals surface area contributed by atoms with Crippen molar-refractivity contribution in [2.45, 2.75) is 52.0 Å². The van der Waals surface area contributed by atoms with E-state index in [1.807, 2.05) is 39.0 Å². The number of benzene rings is 2. The van der Waals surface area contributed by atoms with Crippen LogP contribution in [0.15, 0.2) is 35.2 Å². The fourth-order valence-corrected chi connectivity index (χ4v) is 5.73. The molecule has 1 fully saturated rings. The predicted molar refractivity (Wildman–Crippen MR) is 124 cm³/mol. The first-order chi connectivity index (χ1) is 13.6. The second-order valence-electron chi connectivity index (χ2n) is 8.44. The summed E-state index contributed by atoms with van der Waals surface area (Å²) in [6.45, 7) is 12.9. The third kappa shape index (κ3) is 5.17. The van der Waals surface area contributed by atoms with Gasteiger partial charge in [-0.3, -0.25) is 4.90 Å². The number of aryl methyl sites for hydroxylation is 3. The Bertz CT molecular complexity index is 998. The van der Waals surface area contributed by atoms with Crippen LogP contribution in [0.1, 0.15) is 47.6 Å². The monoisotopic (exact) mass is 452 g/mol. The van der Waals surface area contributed by atoms with E-state index >= 15 is 0 Å². The molecule has 7 heteroatoms. The number of sulfonamides is 1. The Kier molecular flexibility index (Phi) is 7.97. The van der Waals surface area contributed by atoms with E-state index in [0.717, 1.165) is 22.3 Å². The highest BCUT2D eigenvalue weighted by Crippen LogP contribution is 2.29. The van der Waals surface area contributed by atoms with Gasteiger partial charge in [0.25, 0.3) is 0 Å². The number of phenols is 1. The first-order valence-corrected chi connectivity index (χ1v) is 11.7. The third-order valence-corrected chi connectivity index (χ3v) is 7.82.